The van der Waals surface area contributed by atoms with Crippen molar-refractivity contribution in [1.82, 2.24) is 0 Å². The summed E-state index contributed by atoms with van der Waals surface area (Å²) in [4.78, 5) is 11.9. The number of nitrogens with two attached hydrogens (primary N) is 1. The van der Waals surface area contributed by atoms with E-state index in [4.69, 9.17) is 15.2 Å². The Morgan fingerprint density at radius 2 is 1.81 bits per heavy atom. The number of para-hydroxylation sites is 1. The van der Waals surface area contributed by atoms with Crippen LogP contribution in [0.2, 0.25) is 0 Å². The Kier molecular flexibility index (Phi) is 5.62. The second kappa shape index (κ2) is 7.46. The van der Waals surface area contributed by atoms with Crippen molar-refractivity contribution in [2.24, 2.45) is 11.7 Å². The summed E-state index contributed by atoms with van der Waals surface area (Å²) in [6.07, 6.45) is 4.13. The van der Waals surface area contributed by atoms with Gasteiger partial charge in [-0.15, -0.1) is 0 Å². The van der Waals surface area contributed by atoms with Crippen molar-refractivity contribution in [2.45, 2.75) is 57.8 Å². The lowest BCUT2D eigenvalue weighted by Crippen LogP contribution is -2.42. The number of rotatable bonds is 6. The van der Waals surface area contributed by atoms with Gasteiger partial charge >= 0.3 is 5.97 Å². The van der Waals surface area contributed by atoms with Crippen molar-refractivity contribution in [3.63, 3.8) is 0 Å². The molecular formula is C17H25NO3. The normalized spacial score (nSPS) is 19.8. The molecule has 0 radical (unpaired) electrons. The minimum atomic E-state index is -0.599. The maximum Gasteiger partial charge on any atom is 0.323 e. The molecule has 2 rings (SSSR count). The molecule has 4 heteroatoms. The van der Waals surface area contributed by atoms with Crippen molar-refractivity contribution < 1.29 is 14.3 Å². The highest BCUT2D eigenvalue weighted by molar-refractivity contribution is 5.75. The van der Waals surface area contributed by atoms with E-state index in [0.29, 0.717) is 5.92 Å². The molecule has 0 aromatic heterocycles. The predicted octanol–water partition coefficient (Wildman–Crippen LogP) is 2.90. The molecule has 0 spiro atoms. The van der Waals surface area contributed by atoms with Gasteiger partial charge in [-0.3, -0.25) is 4.79 Å². The molecule has 116 valence electrons. The number of carbonyl (C=O) groups is 1. The fraction of sp³-hybridized carbons (Fsp3) is 0.588. The molecule has 3 atom stereocenters. The summed E-state index contributed by atoms with van der Waals surface area (Å²) >= 11 is 0. The molecule has 21 heavy (non-hydrogen) atoms. The van der Waals surface area contributed by atoms with Crippen LogP contribution in [0, 0.1) is 5.92 Å². The molecule has 1 saturated carbocycles. The number of hydrogen-bond donors (Lipinski definition) is 1. The lowest BCUT2D eigenvalue weighted by molar-refractivity contribution is -0.158. The first-order valence-corrected chi connectivity index (χ1v) is 7.75. The van der Waals surface area contributed by atoms with Gasteiger partial charge in [0.2, 0.25) is 0 Å². The summed E-state index contributed by atoms with van der Waals surface area (Å²) in [5.74, 6) is 0.812. The highest BCUT2D eigenvalue weighted by atomic mass is 16.6. The third-order valence-corrected chi connectivity index (χ3v) is 4.02. The molecule has 0 aliphatic heterocycles. The molecule has 2 N–H and O–H groups in total. The van der Waals surface area contributed by atoms with E-state index in [0.717, 1.165) is 18.6 Å². The SMILES string of the molecule is C[C@H](N)C(=O)OC(C1CCCC1)[C@H](C)Oc1ccccc1. The topological polar surface area (TPSA) is 61.6 Å². The Labute approximate surface area is 126 Å². The molecular weight excluding hydrogens is 266 g/mol. The van der Waals surface area contributed by atoms with E-state index in [9.17, 15) is 4.79 Å². The zero-order valence-electron chi connectivity index (χ0n) is 12.8. The van der Waals surface area contributed by atoms with Gasteiger partial charge in [0.25, 0.3) is 0 Å². The minimum absolute atomic E-state index is 0.182. The fourth-order valence-electron chi connectivity index (χ4n) is 2.88. The van der Waals surface area contributed by atoms with Gasteiger partial charge in [-0.25, -0.2) is 0 Å². The molecule has 0 amide bonds. The third kappa shape index (κ3) is 4.46. The molecule has 1 fully saturated rings. The van der Waals surface area contributed by atoms with Crippen molar-refractivity contribution in [3.05, 3.63) is 30.3 Å². The highest BCUT2D eigenvalue weighted by Crippen LogP contribution is 2.32. The van der Waals surface area contributed by atoms with Gasteiger partial charge in [0, 0.05) is 0 Å². The number of esters is 1. The van der Waals surface area contributed by atoms with Crippen molar-refractivity contribution in [1.29, 1.82) is 0 Å². The van der Waals surface area contributed by atoms with E-state index in [-0.39, 0.29) is 18.2 Å². The van der Waals surface area contributed by atoms with Gasteiger partial charge in [-0.05, 0) is 44.7 Å². The quantitative estimate of drug-likeness (QED) is 0.819. The molecule has 1 aliphatic rings. The van der Waals surface area contributed by atoms with Gasteiger partial charge in [-0.2, -0.15) is 0 Å². The van der Waals surface area contributed by atoms with Gasteiger partial charge in [0.15, 0.2) is 0 Å². The standard InChI is InChI=1S/C17H25NO3/c1-12(18)17(19)21-16(14-8-6-7-9-14)13(2)20-15-10-4-3-5-11-15/h3-5,10-14,16H,6-9,18H2,1-2H3/t12-,13-,16?/m0/s1. The van der Waals surface area contributed by atoms with Crippen LogP contribution in [0.5, 0.6) is 5.75 Å². The zero-order valence-corrected chi connectivity index (χ0v) is 12.8. The van der Waals surface area contributed by atoms with Crippen molar-refractivity contribution in [3.8, 4) is 5.75 Å². The second-order valence-electron chi connectivity index (χ2n) is 5.87. The van der Waals surface area contributed by atoms with Crippen LogP contribution in [0.15, 0.2) is 30.3 Å². The Balaban J connectivity index is 2.04. The summed E-state index contributed by atoms with van der Waals surface area (Å²) in [5, 5.41) is 0. The summed E-state index contributed by atoms with van der Waals surface area (Å²) in [6.45, 7) is 3.61. The van der Waals surface area contributed by atoms with Gasteiger partial charge in [-0.1, -0.05) is 31.0 Å². The van der Waals surface area contributed by atoms with E-state index in [1.807, 2.05) is 37.3 Å². The fourth-order valence-corrected chi connectivity index (χ4v) is 2.88. The van der Waals surface area contributed by atoms with E-state index >= 15 is 0 Å². The van der Waals surface area contributed by atoms with E-state index in [1.165, 1.54) is 12.8 Å². The lowest BCUT2D eigenvalue weighted by Gasteiger charge is -2.30. The smallest absolute Gasteiger partial charge is 0.323 e. The van der Waals surface area contributed by atoms with Crippen LogP contribution in [-0.4, -0.2) is 24.2 Å². The number of carbonyl (C=O) groups excluding carboxylic acids is 1. The summed E-state index contributed by atoms with van der Waals surface area (Å²) in [7, 11) is 0. The van der Waals surface area contributed by atoms with Gasteiger partial charge < -0.3 is 15.2 Å². The molecule has 4 nitrogen and oxygen atoms in total. The number of benzene rings is 1. The van der Waals surface area contributed by atoms with Crippen LogP contribution in [-0.2, 0) is 9.53 Å². The minimum Gasteiger partial charge on any atom is -0.487 e. The Bertz CT molecular complexity index is 441. The zero-order chi connectivity index (χ0) is 15.2. The molecule has 0 bridgehead atoms. The van der Waals surface area contributed by atoms with E-state index < -0.39 is 6.04 Å². The van der Waals surface area contributed by atoms with Crippen LogP contribution in [0.3, 0.4) is 0 Å². The predicted molar refractivity (Wildman–Crippen MR) is 82.0 cm³/mol. The molecule has 1 unspecified atom stereocenters. The average Bonchev–Trinajstić information content (AvgIpc) is 2.99. The number of hydrogen-bond acceptors (Lipinski definition) is 4. The van der Waals surface area contributed by atoms with Crippen LogP contribution in [0.4, 0.5) is 0 Å². The first kappa shape index (κ1) is 15.8. The maximum absolute atomic E-state index is 11.9. The summed E-state index contributed by atoms with van der Waals surface area (Å²) in [6, 6.07) is 9.03. The lowest BCUT2D eigenvalue weighted by atomic mass is 9.96. The highest BCUT2D eigenvalue weighted by Gasteiger charge is 2.34. The average molecular weight is 291 g/mol. The third-order valence-electron chi connectivity index (χ3n) is 4.02. The Morgan fingerprint density at radius 3 is 2.38 bits per heavy atom. The van der Waals surface area contributed by atoms with Gasteiger partial charge in [0.05, 0.1) is 0 Å². The Morgan fingerprint density at radius 1 is 1.19 bits per heavy atom. The first-order valence-electron chi connectivity index (χ1n) is 7.75. The van der Waals surface area contributed by atoms with E-state index in [1.54, 1.807) is 6.92 Å². The summed E-state index contributed by atoms with van der Waals surface area (Å²) in [5.41, 5.74) is 5.62. The van der Waals surface area contributed by atoms with Crippen molar-refractivity contribution in [2.75, 3.05) is 0 Å². The van der Waals surface area contributed by atoms with Crippen molar-refractivity contribution >= 4 is 5.97 Å². The molecule has 1 aromatic rings. The van der Waals surface area contributed by atoms with Crippen LogP contribution in [0.1, 0.15) is 39.5 Å². The van der Waals surface area contributed by atoms with E-state index in [2.05, 4.69) is 0 Å². The van der Waals surface area contributed by atoms with Gasteiger partial charge in [0.1, 0.15) is 24.0 Å². The Hall–Kier alpha value is -1.55. The molecule has 1 aliphatic carbocycles. The molecule has 1 aromatic carbocycles. The molecule has 0 saturated heterocycles. The monoisotopic (exact) mass is 291 g/mol. The first-order chi connectivity index (χ1) is 10.1. The van der Waals surface area contributed by atoms with Crippen LogP contribution < -0.4 is 10.5 Å². The number of ether oxygens (including phenoxy) is 2. The molecule has 0 heterocycles. The second-order valence-corrected chi connectivity index (χ2v) is 5.87. The van der Waals surface area contributed by atoms with Crippen LogP contribution in [0.25, 0.3) is 0 Å². The van der Waals surface area contributed by atoms with Crippen LogP contribution >= 0.6 is 0 Å². The largest absolute Gasteiger partial charge is 0.487 e. The summed E-state index contributed by atoms with van der Waals surface area (Å²) < 4.78 is 11.6. The maximum atomic E-state index is 11.9.